The average molecular weight is 541 g/mol. The second-order valence-electron chi connectivity index (χ2n) is 6.77. The molecule has 32 heavy (non-hydrogen) atoms. The van der Waals surface area contributed by atoms with Gasteiger partial charge >= 0.3 is 5.91 Å². The van der Waals surface area contributed by atoms with Crippen molar-refractivity contribution in [2.24, 2.45) is 5.10 Å². The van der Waals surface area contributed by atoms with Crippen molar-refractivity contribution in [1.82, 2.24) is 5.43 Å². The summed E-state index contributed by atoms with van der Waals surface area (Å²) in [6.45, 7) is 0.473. The molecule has 9 heteroatoms. The molecule has 0 unspecified atom stereocenters. The van der Waals surface area contributed by atoms with Gasteiger partial charge < -0.3 is 9.15 Å². The van der Waals surface area contributed by atoms with Gasteiger partial charge in [0.1, 0.15) is 17.9 Å². The van der Waals surface area contributed by atoms with Crippen molar-refractivity contribution in [3.63, 3.8) is 0 Å². The summed E-state index contributed by atoms with van der Waals surface area (Å²) in [7, 11) is 0. The Balaban J connectivity index is 1.33. The van der Waals surface area contributed by atoms with Crippen molar-refractivity contribution in [3.8, 4) is 5.75 Å². The lowest BCUT2D eigenvalue weighted by molar-refractivity contribution is -0.384. The number of benzene rings is 3. The van der Waals surface area contributed by atoms with E-state index >= 15 is 0 Å². The lowest BCUT2D eigenvalue weighted by Crippen LogP contribution is -2.16. The normalized spacial score (nSPS) is 11.0. The fourth-order valence-electron chi connectivity index (χ4n) is 2.87. The lowest BCUT2D eigenvalue weighted by Gasteiger charge is -2.06. The second kappa shape index (κ2) is 9.60. The number of rotatable bonds is 7. The van der Waals surface area contributed by atoms with Crippen LogP contribution < -0.4 is 10.2 Å². The predicted molar refractivity (Wildman–Crippen MR) is 128 cm³/mol. The number of non-ortho nitro benzene ring substituents is 1. The standard InChI is InChI=1S/C23H16IN3O5/c24-18-5-1-16(2-6-18)14-31-20-8-3-15(4-9-20)13-25-26-23(28)22-12-17-11-19(27(29)30)7-10-21(17)32-22/h1-13H,14H2,(H,26,28)/b25-13-. The Bertz CT molecular complexity index is 1300. The van der Waals surface area contributed by atoms with E-state index in [9.17, 15) is 14.9 Å². The number of amides is 1. The van der Waals surface area contributed by atoms with Crippen molar-refractivity contribution in [1.29, 1.82) is 0 Å². The summed E-state index contributed by atoms with van der Waals surface area (Å²) in [5, 5.41) is 15.3. The van der Waals surface area contributed by atoms with Gasteiger partial charge in [0.2, 0.25) is 0 Å². The Morgan fingerprint density at radius 1 is 1.09 bits per heavy atom. The molecule has 3 aromatic carbocycles. The Morgan fingerprint density at radius 3 is 2.56 bits per heavy atom. The Hall–Kier alpha value is -3.73. The van der Waals surface area contributed by atoms with Crippen LogP contribution in [0.4, 0.5) is 5.69 Å². The number of ether oxygens (including phenoxy) is 1. The van der Waals surface area contributed by atoms with Gasteiger partial charge in [0.15, 0.2) is 5.76 Å². The summed E-state index contributed by atoms with van der Waals surface area (Å²) < 4.78 is 12.4. The van der Waals surface area contributed by atoms with Crippen molar-refractivity contribution in [2.45, 2.75) is 6.61 Å². The number of nitro benzene ring substituents is 1. The van der Waals surface area contributed by atoms with Crippen LogP contribution in [0, 0.1) is 13.7 Å². The van der Waals surface area contributed by atoms with E-state index in [1.54, 1.807) is 0 Å². The third-order valence-corrected chi connectivity index (χ3v) is 5.23. The number of hydrogen-bond acceptors (Lipinski definition) is 6. The highest BCUT2D eigenvalue weighted by molar-refractivity contribution is 14.1. The molecule has 0 aliphatic heterocycles. The van der Waals surface area contributed by atoms with Gasteiger partial charge in [-0.05, 0) is 82.2 Å². The largest absolute Gasteiger partial charge is 0.489 e. The van der Waals surface area contributed by atoms with E-state index in [0.29, 0.717) is 17.6 Å². The summed E-state index contributed by atoms with van der Waals surface area (Å²) >= 11 is 2.26. The van der Waals surface area contributed by atoms with Gasteiger partial charge in [0.05, 0.1) is 11.1 Å². The lowest BCUT2D eigenvalue weighted by atomic mass is 10.2. The smallest absolute Gasteiger partial charge is 0.307 e. The Kier molecular flexibility index (Phi) is 6.45. The molecular formula is C23H16IN3O5. The first-order chi connectivity index (χ1) is 15.5. The minimum Gasteiger partial charge on any atom is -0.489 e. The van der Waals surface area contributed by atoms with Crippen LogP contribution in [0.3, 0.4) is 0 Å². The number of fused-ring (bicyclic) bond motifs is 1. The van der Waals surface area contributed by atoms with E-state index in [4.69, 9.17) is 9.15 Å². The fourth-order valence-corrected chi connectivity index (χ4v) is 3.23. The molecule has 1 amide bonds. The highest BCUT2D eigenvalue weighted by atomic mass is 127. The van der Waals surface area contributed by atoms with E-state index in [1.165, 1.54) is 34.1 Å². The van der Waals surface area contributed by atoms with Crippen LogP contribution in [0.2, 0.25) is 0 Å². The number of nitro groups is 1. The number of hydrazone groups is 1. The van der Waals surface area contributed by atoms with Crippen molar-refractivity contribution in [3.05, 3.63) is 103 Å². The van der Waals surface area contributed by atoms with Gasteiger partial charge in [0.25, 0.3) is 5.69 Å². The molecule has 1 heterocycles. The van der Waals surface area contributed by atoms with Gasteiger partial charge in [-0.15, -0.1) is 0 Å². The van der Waals surface area contributed by atoms with Crippen LogP contribution >= 0.6 is 22.6 Å². The molecule has 0 atom stereocenters. The number of nitrogens with one attached hydrogen (secondary N) is 1. The number of furan rings is 1. The molecule has 4 aromatic rings. The van der Waals surface area contributed by atoms with Gasteiger partial charge in [-0.3, -0.25) is 14.9 Å². The summed E-state index contributed by atoms with van der Waals surface area (Å²) in [5.41, 5.74) is 4.54. The maximum absolute atomic E-state index is 12.2. The van der Waals surface area contributed by atoms with Gasteiger partial charge in [0, 0.05) is 21.1 Å². The number of carbonyl (C=O) groups is 1. The van der Waals surface area contributed by atoms with E-state index in [-0.39, 0.29) is 11.4 Å². The Labute approximate surface area is 196 Å². The fraction of sp³-hybridized carbons (Fsp3) is 0.0435. The van der Waals surface area contributed by atoms with Crippen LogP contribution in [0.1, 0.15) is 21.7 Å². The van der Waals surface area contributed by atoms with E-state index in [1.807, 2.05) is 48.5 Å². The molecule has 0 aliphatic rings. The van der Waals surface area contributed by atoms with Crippen LogP contribution in [-0.4, -0.2) is 17.0 Å². The molecule has 1 N–H and O–H groups in total. The maximum atomic E-state index is 12.2. The first-order valence-corrected chi connectivity index (χ1v) is 10.5. The molecule has 0 bridgehead atoms. The minimum atomic E-state index is -0.558. The molecule has 0 aliphatic carbocycles. The quantitative estimate of drug-likeness (QED) is 0.148. The summed E-state index contributed by atoms with van der Waals surface area (Å²) in [6, 6.07) is 20.9. The summed E-state index contributed by atoms with van der Waals surface area (Å²) in [6.07, 6.45) is 1.49. The summed E-state index contributed by atoms with van der Waals surface area (Å²) in [5.74, 6) is 0.177. The zero-order valence-electron chi connectivity index (χ0n) is 16.5. The molecule has 4 rings (SSSR count). The molecule has 0 spiro atoms. The molecular weight excluding hydrogens is 525 g/mol. The summed E-state index contributed by atoms with van der Waals surface area (Å²) in [4.78, 5) is 22.6. The molecule has 8 nitrogen and oxygen atoms in total. The number of nitrogens with zero attached hydrogens (tertiary/aromatic N) is 2. The van der Waals surface area contributed by atoms with E-state index < -0.39 is 10.8 Å². The first-order valence-electron chi connectivity index (χ1n) is 9.47. The zero-order valence-corrected chi connectivity index (χ0v) is 18.7. The molecule has 0 fully saturated rings. The first kappa shape index (κ1) is 21.5. The van der Waals surface area contributed by atoms with Crippen molar-refractivity contribution in [2.75, 3.05) is 0 Å². The van der Waals surface area contributed by atoms with Gasteiger partial charge in [-0.2, -0.15) is 5.10 Å². The number of halogens is 1. The molecule has 0 saturated carbocycles. The topological polar surface area (TPSA) is 107 Å². The third-order valence-electron chi connectivity index (χ3n) is 4.51. The third kappa shape index (κ3) is 5.30. The van der Waals surface area contributed by atoms with Crippen molar-refractivity contribution < 1.29 is 18.9 Å². The number of hydrogen-bond donors (Lipinski definition) is 1. The molecule has 0 radical (unpaired) electrons. The predicted octanol–water partition coefficient (Wildman–Crippen LogP) is 5.29. The van der Waals surface area contributed by atoms with Crippen LogP contribution in [0.25, 0.3) is 11.0 Å². The highest BCUT2D eigenvalue weighted by Gasteiger charge is 2.14. The van der Waals surface area contributed by atoms with Crippen LogP contribution in [0.15, 0.2) is 82.3 Å². The van der Waals surface area contributed by atoms with Gasteiger partial charge in [-0.25, -0.2) is 5.43 Å². The maximum Gasteiger partial charge on any atom is 0.307 e. The molecule has 160 valence electrons. The van der Waals surface area contributed by atoms with E-state index in [0.717, 1.165) is 16.9 Å². The average Bonchev–Trinajstić information content (AvgIpc) is 3.23. The van der Waals surface area contributed by atoms with E-state index in [2.05, 4.69) is 33.1 Å². The van der Waals surface area contributed by atoms with Crippen molar-refractivity contribution >= 4 is 51.4 Å². The van der Waals surface area contributed by atoms with Gasteiger partial charge in [-0.1, -0.05) is 12.1 Å². The Morgan fingerprint density at radius 2 is 1.84 bits per heavy atom. The zero-order chi connectivity index (χ0) is 22.5. The highest BCUT2D eigenvalue weighted by Crippen LogP contribution is 2.24. The minimum absolute atomic E-state index is 0.0111. The molecule has 1 aromatic heterocycles. The second-order valence-corrected chi connectivity index (χ2v) is 8.02. The molecule has 0 saturated heterocycles. The van der Waals surface area contributed by atoms with Crippen LogP contribution in [-0.2, 0) is 6.61 Å². The number of carbonyl (C=O) groups excluding carboxylic acids is 1. The van der Waals surface area contributed by atoms with Crippen LogP contribution in [0.5, 0.6) is 5.75 Å². The monoisotopic (exact) mass is 541 g/mol. The SMILES string of the molecule is O=C(N/N=C\c1ccc(OCc2ccc(I)cc2)cc1)c1cc2cc([N+](=O)[O-])ccc2o1.